The maximum Gasteiger partial charge on any atom is 0.343 e. The van der Waals surface area contributed by atoms with E-state index in [0.717, 1.165) is 5.56 Å². The number of hydrogen-bond acceptors (Lipinski definition) is 5. The number of oxazole rings is 1. The van der Waals surface area contributed by atoms with Gasteiger partial charge in [-0.05, 0) is 12.1 Å². The molecule has 0 bridgehead atoms. The third-order valence-corrected chi connectivity index (χ3v) is 4.95. The molecular weight excluding hydrogens is 347 g/mol. The van der Waals surface area contributed by atoms with Crippen LogP contribution >= 0.6 is 11.8 Å². The molecule has 3 rings (SSSR count). The van der Waals surface area contributed by atoms with Crippen molar-refractivity contribution in [3.8, 4) is 11.5 Å². The van der Waals surface area contributed by atoms with Crippen molar-refractivity contribution >= 4 is 23.6 Å². The number of nitrogens with zero attached hydrogens (tertiary/aromatic N) is 2. The van der Waals surface area contributed by atoms with Crippen molar-refractivity contribution in [1.82, 2.24) is 9.88 Å². The summed E-state index contributed by atoms with van der Waals surface area (Å²) in [6, 6.07) is 9.48. The van der Waals surface area contributed by atoms with Crippen LogP contribution in [-0.4, -0.2) is 51.4 Å². The standard InChI is InChI=1S/C17H17FN2O4S/c18-17(16(22)23)6-7-20(11-17)14(21)10-25-9-13-8-24-15(19-13)12-4-2-1-3-5-12/h1-5,8H,6-7,9-11H2,(H,22,23). The van der Waals surface area contributed by atoms with Gasteiger partial charge in [0.1, 0.15) is 6.26 Å². The van der Waals surface area contributed by atoms with Crippen LogP contribution in [0.3, 0.4) is 0 Å². The number of alkyl halides is 1. The maximum absolute atomic E-state index is 14.0. The van der Waals surface area contributed by atoms with Gasteiger partial charge in [0.2, 0.25) is 17.5 Å². The van der Waals surface area contributed by atoms with Gasteiger partial charge in [-0.1, -0.05) is 18.2 Å². The number of benzene rings is 1. The van der Waals surface area contributed by atoms with Crippen molar-refractivity contribution < 1.29 is 23.5 Å². The predicted octanol–water partition coefficient (Wildman–Crippen LogP) is 2.60. The smallest absolute Gasteiger partial charge is 0.343 e. The van der Waals surface area contributed by atoms with Gasteiger partial charge in [-0.15, -0.1) is 11.8 Å². The maximum atomic E-state index is 14.0. The van der Waals surface area contributed by atoms with E-state index in [1.165, 1.54) is 16.7 Å². The first-order chi connectivity index (χ1) is 12.0. The highest BCUT2D eigenvalue weighted by atomic mass is 32.2. The van der Waals surface area contributed by atoms with Gasteiger partial charge in [-0.25, -0.2) is 14.2 Å². The molecule has 0 aliphatic carbocycles. The third-order valence-electron chi connectivity index (χ3n) is 4.00. The van der Waals surface area contributed by atoms with Gasteiger partial charge in [0.15, 0.2) is 0 Å². The zero-order valence-electron chi connectivity index (χ0n) is 13.4. The summed E-state index contributed by atoms with van der Waals surface area (Å²) >= 11 is 1.33. The molecule has 1 saturated heterocycles. The quantitative estimate of drug-likeness (QED) is 0.848. The average Bonchev–Trinajstić information content (AvgIpc) is 3.23. The molecule has 2 heterocycles. The average molecular weight is 364 g/mol. The number of halogens is 1. The second-order valence-electron chi connectivity index (χ2n) is 5.84. The van der Waals surface area contributed by atoms with Gasteiger partial charge in [-0.3, -0.25) is 4.79 Å². The van der Waals surface area contributed by atoms with E-state index < -0.39 is 11.6 Å². The van der Waals surface area contributed by atoms with Gasteiger partial charge in [0.25, 0.3) is 0 Å². The molecule has 1 atom stereocenters. The highest BCUT2D eigenvalue weighted by Gasteiger charge is 2.46. The van der Waals surface area contributed by atoms with Crippen LogP contribution in [0, 0.1) is 0 Å². The highest BCUT2D eigenvalue weighted by molar-refractivity contribution is 7.99. The van der Waals surface area contributed by atoms with Gasteiger partial charge in [0.05, 0.1) is 18.0 Å². The summed E-state index contributed by atoms with van der Waals surface area (Å²) < 4.78 is 19.4. The molecule has 0 saturated carbocycles. The molecule has 25 heavy (non-hydrogen) atoms. The molecular formula is C17H17FN2O4S. The van der Waals surface area contributed by atoms with Gasteiger partial charge in [0, 0.05) is 24.3 Å². The molecule has 0 radical (unpaired) electrons. The van der Waals surface area contributed by atoms with Crippen molar-refractivity contribution in [3.05, 3.63) is 42.3 Å². The molecule has 0 spiro atoms. The van der Waals surface area contributed by atoms with Crippen LogP contribution in [0.5, 0.6) is 0 Å². The summed E-state index contributed by atoms with van der Waals surface area (Å²) in [7, 11) is 0. The number of rotatable bonds is 6. The lowest BCUT2D eigenvalue weighted by atomic mass is 10.1. The third kappa shape index (κ3) is 4.01. The lowest BCUT2D eigenvalue weighted by Crippen LogP contribution is -2.39. The molecule has 1 aliphatic heterocycles. The number of carboxylic acid groups (broad SMARTS) is 1. The van der Waals surface area contributed by atoms with E-state index in [1.54, 1.807) is 6.26 Å². The summed E-state index contributed by atoms with van der Waals surface area (Å²) in [5.74, 6) is -0.631. The molecule has 6 nitrogen and oxygen atoms in total. The van der Waals surface area contributed by atoms with Gasteiger partial charge >= 0.3 is 5.97 Å². The van der Waals surface area contributed by atoms with Crippen LogP contribution in [0.2, 0.25) is 0 Å². The first-order valence-corrected chi connectivity index (χ1v) is 8.91. The molecule has 1 aliphatic rings. The minimum atomic E-state index is -2.32. The summed E-state index contributed by atoms with van der Waals surface area (Å²) in [6.07, 6.45) is 1.38. The molecule has 1 aromatic heterocycles. The highest BCUT2D eigenvalue weighted by Crippen LogP contribution is 2.27. The fourth-order valence-corrected chi connectivity index (χ4v) is 3.38. The first kappa shape index (κ1) is 17.5. The number of hydrogen-bond donors (Lipinski definition) is 1. The number of aliphatic carboxylic acids is 1. The number of aromatic nitrogens is 1. The van der Waals surface area contributed by atoms with Gasteiger partial charge < -0.3 is 14.4 Å². The van der Waals surface area contributed by atoms with Crippen molar-refractivity contribution in [1.29, 1.82) is 0 Å². The minimum absolute atomic E-state index is 0.129. The lowest BCUT2D eigenvalue weighted by molar-refractivity contribution is -0.150. The van der Waals surface area contributed by atoms with Crippen molar-refractivity contribution in [2.75, 3.05) is 18.8 Å². The summed E-state index contributed by atoms with van der Waals surface area (Å²) in [5.41, 5.74) is -0.736. The molecule has 1 amide bonds. The monoisotopic (exact) mass is 364 g/mol. The Kier molecular flexibility index (Phi) is 5.08. The second-order valence-corrected chi connectivity index (χ2v) is 6.82. The van der Waals surface area contributed by atoms with E-state index in [9.17, 15) is 14.0 Å². The Morgan fingerprint density at radius 2 is 2.12 bits per heavy atom. The zero-order valence-corrected chi connectivity index (χ0v) is 14.2. The summed E-state index contributed by atoms with van der Waals surface area (Å²) in [4.78, 5) is 28.6. The molecule has 8 heteroatoms. The molecule has 132 valence electrons. The SMILES string of the molecule is O=C(CSCc1coc(-c2ccccc2)n1)N1CCC(F)(C(=O)O)C1. The van der Waals surface area contributed by atoms with Crippen molar-refractivity contribution in [2.45, 2.75) is 17.8 Å². The number of amides is 1. The Morgan fingerprint density at radius 3 is 2.80 bits per heavy atom. The Balaban J connectivity index is 1.48. The molecule has 1 aromatic carbocycles. The summed E-state index contributed by atoms with van der Waals surface area (Å²) in [5, 5.41) is 8.86. The van der Waals surface area contributed by atoms with E-state index in [1.807, 2.05) is 30.3 Å². The molecule has 1 fully saturated rings. The fourth-order valence-electron chi connectivity index (χ4n) is 2.58. The van der Waals surface area contributed by atoms with E-state index in [0.29, 0.717) is 17.3 Å². The number of carbonyl (C=O) groups is 2. The lowest BCUT2D eigenvalue weighted by Gasteiger charge is -2.17. The number of thioether (sulfide) groups is 1. The Morgan fingerprint density at radius 1 is 1.36 bits per heavy atom. The zero-order chi connectivity index (χ0) is 17.9. The fraction of sp³-hybridized carbons (Fsp3) is 0.353. The molecule has 1 unspecified atom stereocenters. The number of likely N-dealkylation sites (tertiary alicyclic amines) is 1. The van der Waals surface area contributed by atoms with Crippen molar-refractivity contribution in [3.63, 3.8) is 0 Å². The summed E-state index contributed by atoms with van der Waals surface area (Å²) in [6.45, 7) is -0.256. The molecule has 1 N–H and O–H groups in total. The van der Waals surface area contributed by atoms with Crippen LogP contribution in [0.15, 0.2) is 41.0 Å². The van der Waals surface area contributed by atoms with E-state index in [-0.39, 0.29) is 31.2 Å². The van der Waals surface area contributed by atoms with E-state index >= 15 is 0 Å². The van der Waals surface area contributed by atoms with Crippen LogP contribution < -0.4 is 0 Å². The Bertz CT molecular complexity index is 767. The van der Waals surface area contributed by atoms with Crippen LogP contribution in [-0.2, 0) is 15.3 Å². The van der Waals surface area contributed by atoms with Crippen LogP contribution in [0.25, 0.3) is 11.5 Å². The van der Waals surface area contributed by atoms with Crippen LogP contribution in [0.4, 0.5) is 4.39 Å². The normalized spacial score (nSPS) is 20.0. The first-order valence-electron chi connectivity index (χ1n) is 7.75. The van der Waals surface area contributed by atoms with E-state index in [2.05, 4.69) is 4.98 Å². The van der Waals surface area contributed by atoms with Gasteiger partial charge in [-0.2, -0.15) is 0 Å². The van der Waals surface area contributed by atoms with Crippen molar-refractivity contribution in [2.24, 2.45) is 0 Å². The Hall–Kier alpha value is -2.35. The topological polar surface area (TPSA) is 83.6 Å². The number of carboxylic acids is 1. The minimum Gasteiger partial charge on any atom is -0.479 e. The number of carbonyl (C=O) groups excluding carboxylic acids is 1. The van der Waals surface area contributed by atoms with E-state index in [4.69, 9.17) is 9.52 Å². The Labute approximate surface area is 148 Å². The predicted molar refractivity (Wildman–Crippen MR) is 90.8 cm³/mol. The largest absolute Gasteiger partial charge is 0.479 e. The van der Waals surface area contributed by atoms with Crippen LogP contribution in [0.1, 0.15) is 12.1 Å². The second kappa shape index (κ2) is 7.26. The molecule has 2 aromatic rings.